The maximum Gasteiger partial charge on any atom is 0.335 e. The molecule has 0 amide bonds. The molecular weight excluding hydrogens is 504 g/mol. The predicted octanol–water partition coefficient (Wildman–Crippen LogP) is 5.74. The Hall–Kier alpha value is -3.52. The zero-order chi connectivity index (χ0) is 26.7. The molecule has 0 radical (unpaired) electrons. The number of ether oxygens (including phenoxy) is 2. The summed E-state index contributed by atoms with van der Waals surface area (Å²) in [5, 5.41) is 20.5. The number of aromatic nitrogens is 1. The number of hydrogen-bond acceptors (Lipinski definition) is 5. The second-order valence-corrected chi connectivity index (χ2v) is 9.72. The van der Waals surface area contributed by atoms with E-state index in [1.807, 2.05) is 54.7 Å². The highest BCUT2D eigenvalue weighted by Gasteiger charge is 2.22. The number of aliphatic hydroxyl groups is 1. The maximum absolute atomic E-state index is 10.4. The molecule has 1 aromatic heterocycles. The minimum Gasteiger partial charge on any atom is -0.492 e. The van der Waals surface area contributed by atoms with E-state index in [-0.39, 0.29) is 0 Å². The van der Waals surface area contributed by atoms with Crippen LogP contribution < -0.4 is 9.47 Å². The number of carbonyl (C=O) groups is 1. The van der Waals surface area contributed by atoms with Crippen LogP contribution in [0.1, 0.15) is 23.2 Å². The molecule has 200 valence electrons. The van der Waals surface area contributed by atoms with E-state index in [1.54, 1.807) is 30.3 Å². The number of benzene rings is 3. The van der Waals surface area contributed by atoms with Gasteiger partial charge in [0.15, 0.2) is 0 Å². The van der Waals surface area contributed by atoms with Crippen molar-refractivity contribution in [2.45, 2.75) is 18.9 Å². The first kappa shape index (κ1) is 27.5. The van der Waals surface area contributed by atoms with Crippen molar-refractivity contribution >= 4 is 28.5 Å². The topological polar surface area (TPSA) is 95.0 Å². The molecule has 2 heterocycles. The van der Waals surface area contributed by atoms with Crippen molar-refractivity contribution in [3.8, 4) is 11.5 Å². The van der Waals surface area contributed by atoms with Crippen molar-refractivity contribution in [1.82, 2.24) is 9.88 Å². The van der Waals surface area contributed by atoms with E-state index in [4.69, 9.17) is 26.2 Å². The molecule has 3 aromatic carbocycles. The third-order valence-electron chi connectivity index (χ3n) is 6.49. The number of fused-ring (bicyclic) bond motifs is 1. The normalized spacial score (nSPS) is 14.9. The smallest absolute Gasteiger partial charge is 0.335 e. The predicted molar refractivity (Wildman–Crippen MR) is 149 cm³/mol. The summed E-state index contributed by atoms with van der Waals surface area (Å²) < 4.78 is 11.8. The summed E-state index contributed by atoms with van der Waals surface area (Å²) in [4.78, 5) is 15.7. The van der Waals surface area contributed by atoms with Crippen LogP contribution in [0.3, 0.4) is 0 Å². The summed E-state index contributed by atoms with van der Waals surface area (Å²) in [5.74, 6) is 1.19. The van der Waals surface area contributed by atoms with Crippen LogP contribution in [0.15, 0.2) is 85.1 Å². The summed E-state index contributed by atoms with van der Waals surface area (Å²) in [6.07, 6.45) is 3.50. The molecule has 3 N–H and O–H groups in total. The quantitative estimate of drug-likeness (QED) is 0.252. The lowest BCUT2D eigenvalue weighted by atomic mass is 9.97. The van der Waals surface area contributed by atoms with Crippen molar-refractivity contribution in [2.75, 3.05) is 32.8 Å². The highest BCUT2D eigenvalue weighted by atomic mass is 35.5. The first-order chi connectivity index (χ1) is 18.5. The summed E-state index contributed by atoms with van der Waals surface area (Å²) >= 11 is 6.15. The minimum absolute atomic E-state index is 0.292. The zero-order valence-electron chi connectivity index (χ0n) is 21.1. The Labute approximate surface area is 227 Å². The molecular formula is C30H33ClN2O5. The number of hydrogen-bond donors (Lipinski definition) is 3. The van der Waals surface area contributed by atoms with Gasteiger partial charge in [-0.1, -0.05) is 48.0 Å². The number of halogens is 1. The standard InChI is InChI=1S/C23H27ClN2O3.C7H6O2/c24-20-4-1-2-6-23(20)28-15-17-9-12-26(13-10-17)14-18(27)16-29-22-7-3-5-21-19(22)8-11-25-21;8-7(9)6-4-2-1-3-5-6/h1-8,11,17-18,25,27H,9-10,12-16H2;1-5H,(H,8,9). The lowest BCUT2D eigenvalue weighted by molar-refractivity contribution is 0.0507. The molecule has 0 aliphatic carbocycles. The van der Waals surface area contributed by atoms with Gasteiger partial charge in [-0.2, -0.15) is 0 Å². The van der Waals surface area contributed by atoms with E-state index < -0.39 is 12.1 Å². The van der Waals surface area contributed by atoms with Crippen molar-refractivity contribution in [2.24, 2.45) is 5.92 Å². The number of nitrogens with one attached hydrogen (secondary N) is 1. The lowest BCUT2D eigenvalue weighted by Crippen LogP contribution is -2.41. The molecule has 1 unspecified atom stereocenters. The number of likely N-dealkylation sites (tertiary alicyclic amines) is 1. The van der Waals surface area contributed by atoms with Gasteiger partial charge in [0, 0.05) is 23.6 Å². The molecule has 0 bridgehead atoms. The van der Waals surface area contributed by atoms with Crippen LogP contribution in [0.25, 0.3) is 10.9 Å². The van der Waals surface area contributed by atoms with E-state index in [0.717, 1.165) is 48.3 Å². The largest absolute Gasteiger partial charge is 0.492 e. The van der Waals surface area contributed by atoms with Gasteiger partial charge < -0.3 is 29.6 Å². The van der Waals surface area contributed by atoms with E-state index in [2.05, 4.69) is 9.88 Å². The first-order valence-electron chi connectivity index (χ1n) is 12.7. The second kappa shape index (κ2) is 13.9. The van der Waals surface area contributed by atoms with Crippen LogP contribution >= 0.6 is 11.6 Å². The van der Waals surface area contributed by atoms with Gasteiger partial charge in [0.1, 0.15) is 24.2 Å². The van der Waals surface area contributed by atoms with E-state index in [9.17, 15) is 9.90 Å². The van der Waals surface area contributed by atoms with Gasteiger partial charge in [0.05, 0.1) is 17.2 Å². The summed E-state index contributed by atoms with van der Waals surface area (Å²) in [6.45, 7) is 3.52. The maximum atomic E-state index is 10.4. The van der Waals surface area contributed by atoms with Crippen LogP contribution in [0.4, 0.5) is 0 Å². The van der Waals surface area contributed by atoms with E-state index in [0.29, 0.717) is 36.3 Å². The molecule has 0 spiro atoms. The summed E-state index contributed by atoms with van der Waals surface area (Å²) in [7, 11) is 0. The number of para-hydroxylation sites is 1. The van der Waals surface area contributed by atoms with Crippen LogP contribution in [0, 0.1) is 5.92 Å². The second-order valence-electron chi connectivity index (χ2n) is 9.32. The zero-order valence-corrected chi connectivity index (χ0v) is 21.9. The van der Waals surface area contributed by atoms with Crippen molar-refractivity contribution < 1.29 is 24.5 Å². The van der Waals surface area contributed by atoms with Crippen molar-refractivity contribution in [3.05, 3.63) is 95.6 Å². The summed E-state index contributed by atoms with van der Waals surface area (Å²) in [6, 6.07) is 23.8. The molecule has 8 heteroatoms. The Morgan fingerprint density at radius 2 is 1.66 bits per heavy atom. The number of carboxylic acid groups (broad SMARTS) is 1. The third kappa shape index (κ3) is 7.99. The van der Waals surface area contributed by atoms with Crippen LogP contribution in [-0.4, -0.2) is 65.0 Å². The van der Waals surface area contributed by atoms with Crippen molar-refractivity contribution in [1.29, 1.82) is 0 Å². The van der Waals surface area contributed by atoms with Gasteiger partial charge in [0.2, 0.25) is 0 Å². The fourth-order valence-electron chi connectivity index (χ4n) is 4.40. The van der Waals surface area contributed by atoms with Gasteiger partial charge in [0.25, 0.3) is 0 Å². The van der Waals surface area contributed by atoms with Gasteiger partial charge in [-0.25, -0.2) is 4.79 Å². The number of β-amino-alcohol motifs (C(OH)–C–C–N with tert-alkyl or cyclic N) is 1. The summed E-state index contributed by atoms with van der Waals surface area (Å²) in [5.41, 5.74) is 1.37. The Morgan fingerprint density at radius 3 is 2.37 bits per heavy atom. The first-order valence-corrected chi connectivity index (χ1v) is 13.1. The average Bonchev–Trinajstić information content (AvgIpc) is 3.43. The molecule has 0 saturated carbocycles. The molecule has 7 nitrogen and oxygen atoms in total. The van der Waals surface area contributed by atoms with Crippen LogP contribution in [0.2, 0.25) is 5.02 Å². The van der Waals surface area contributed by atoms with Gasteiger partial charge in [-0.05, 0) is 74.3 Å². The van der Waals surface area contributed by atoms with Gasteiger partial charge >= 0.3 is 5.97 Å². The SMILES string of the molecule is O=C(O)c1ccccc1.OC(COc1cccc2[nH]ccc12)CN1CCC(COc2ccccc2Cl)CC1. The van der Waals surface area contributed by atoms with Crippen LogP contribution in [-0.2, 0) is 0 Å². The number of rotatable bonds is 9. The molecule has 38 heavy (non-hydrogen) atoms. The Morgan fingerprint density at radius 1 is 0.947 bits per heavy atom. The molecule has 4 aromatic rings. The number of H-pyrrole nitrogens is 1. The average molecular weight is 537 g/mol. The number of aromatic amines is 1. The number of aromatic carboxylic acids is 1. The molecule has 5 rings (SSSR count). The van der Waals surface area contributed by atoms with Gasteiger partial charge in [-0.3, -0.25) is 0 Å². The number of piperidine rings is 1. The highest BCUT2D eigenvalue weighted by Crippen LogP contribution is 2.26. The fraction of sp³-hybridized carbons (Fsp3) is 0.300. The molecule has 1 fully saturated rings. The van der Waals surface area contributed by atoms with Crippen molar-refractivity contribution in [3.63, 3.8) is 0 Å². The fourth-order valence-corrected chi connectivity index (χ4v) is 4.60. The Bertz CT molecular complexity index is 1290. The molecule has 1 atom stereocenters. The number of aliphatic hydroxyl groups excluding tert-OH is 1. The number of carboxylic acids is 1. The highest BCUT2D eigenvalue weighted by molar-refractivity contribution is 6.32. The lowest BCUT2D eigenvalue weighted by Gasteiger charge is -2.33. The van der Waals surface area contributed by atoms with Crippen LogP contribution in [0.5, 0.6) is 11.5 Å². The van der Waals surface area contributed by atoms with E-state index in [1.165, 1.54) is 0 Å². The van der Waals surface area contributed by atoms with E-state index >= 15 is 0 Å². The molecule has 1 saturated heterocycles. The Balaban J connectivity index is 0.000000317. The van der Waals surface area contributed by atoms with Gasteiger partial charge in [-0.15, -0.1) is 0 Å². The molecule has 1 aliphatic rings. The Kier molecular flexibility index (Phi) is 10.0. The minimum atomic E-state index is -0.879. The monoisotopic (exact) mass is 536 g/mol. The molecule has 1 aliphatic heterocycles. The third-order valence-corrected chi connectivity index (χ3v) is 6.81. The number of nitrogens with zero attached hydrogens (tertiary/aromatic N) is 1.